The third-order valence-corrected chi connectivity index (χ3v) is 4.22. The third kappa shape index (κ3) is 4.95. The quantitative estimate of drug-likeness (QED) is 0.468. The number of methoxy groups -OCH3 is 3. The van der Waals surface area contributed by atoms with Crippen molar-refractivity contribution in [3.8, 4) is 23.0 Å². The Morgan fingerprint density at radius 1 is 0.897 bits per heavy atom. The Bertz CT molecular complexity index is 1030. The Morgan fingerprint density at radius 3 is 2.31 bits per heavy atom. The maximum absolute atomic E-state index is 12.0. The SMILES string of the molecule is COc1cc(OC)c(OC)cc1/C=N/NC(=O)COc1ccc2ccccc2c1. The van der Waals surface area contributed by atoms with Gasteiger partial charge in [0, 0.05) is 11.6 Å². The molecule has 0 aliphatic carbocycles. The monoisotopic (exact) mass is 394 g/mol. The van der Waals surface area contributed by atoms with Crippen molar-refractivity contribution in [3.63, 3.8) is 0 Å². The number of carbonyl (C=O) groups is 1. The lowest BCUT2D eigenvalue weighted by Crippen LogP contribution is -2.24. The molecule has 3 rings (SSSR count). The van der Waals surface area contributed by atoms with Crippen LogP contribution in [0.4, 0.5) is 0 Å². The average Bonchev–Trinajstić information content (AvgIpc) is 2.77. The van der Waals surface area contributed by atoms with Crippen molar-refractivity contribution in [1.82, 2.24) is 5.43 Å². The molecule has 7 heteroatoms. The van der Waals surface area contributed by atoms with E-state index in [4.69, 9.17) is 18.9 Å². The molecule has 0 aliphatic rings. The van der Waals surface area contributed by atoms with E-state index in [-0.39, 0.29) is 12.5 Å². The van der Waals surface area contributed by atoms with Crippen molar-refractivity contribution in [3.05, 3.63) is 60.2 Å². The van der Waals surface area contributed by atoms with Gasteiger partial charge in [0.1, 0.15) is 11.5 Å². The smallest absolute Gasteiger partial charge is 0.277 e. The second kappa shape index (κ2) is 9.45. The van der Waals surface area contributed by atoms with E-state index in [1.54, 1.807) is 19.2 Å². The van der Waals surface area contributed by atoms with Crippen LogP contribution in [0.1, 0.15) is 5.56 Å². The number of ether oxygens (including phenoxy) is 4. The molecule has 0 spiro atoms. The minimum Gasteiger partial charge on any atom is -0.496 e. The van der Waals surface area contributed by atoms with Gasteiger partial charge in [0.25, 0.3) is 5.91 Å². The second-order valence-electron chi connectivity index (χ2n) is 6.04. The van der Waals surface area contributed by atoms with E-state index in [9.17, 15) is 4.79 Å². The Kier molecular flexibility index (Phi) is 6.52. The van der Waals surface area contributed by atoms with E-state index in [2.05, 4.69) is 10.5 Å². The minimum absolute atomic E-state index is 0.154. The number of hydrazone groups is 1. The Hall–Kier alpha value is -3.74. The van der Waals surface area contributed by atoms with Crippen LogP contribution in [0, 0.1) is 0 Å². The molecule has 3 aromatic rings. The van der Waals surface area contributed by atoms with Crippen molar-refractivity contribution in [2.45, 2.75) is 0 Å². The van der Waals surface area contributed by atoms with Crippen molar-refractivity contribution in [2.75, 3.05) is 27.9 Å². The number of carbonyl (C=O) groups excluding carboxylic acids is 1. The van der Waals surface area contributed by atoms with Gasteiger partial charge in [0.05, 0.1) is 27.5 Å². The zero-order chi connectivity index (χ0) is 20.6. The molecule has 0 unspecified atom stereocenters. The summed E-state index contributed by atoms with van der Waals surface area (Å²) in [4.78, 5) is 12.0. The highest BCUT2D eigenvalue weighted by Crippen LogP contribution is 2.33. The Labute approximate surface area is 168 Å². The number of fused-ring (bicyclic) bond motifs is 1. The van der Waals surface area contributed by atoms with E-state index >= 15 is 0 Å². The highest BCUT2D eigenvalue weighted by Gasteiger charge is 2.10. The first kappa shape index (κ1) is 20.0. The van der Waals surface area contributed by atoms with E-state index in [0.717, 1.165) is 10.8 Å². The summed E-state index contributed by atoms with van der Waals surface area (Å²) in [6.45, 7) is -0.154. The molecule has 0 bridgehead atoms. The van der Waals surface area contributed by atoms with Crippen LogP contribution in [-0.4, -0.2) is 40.1 Å². The van der Waals surface area contributed by atoms with Gasteiger partial charge in [-0.2, -0.15) is 5.10 Å². The molecular formula is C22H22N2O5. The summed E-state index contributed by atoms with van der Waals surface area (Å²) in [5, 5.41) is 6.12. The number of amides is 1. The predicted molar refractivity (Wildman–Crippen MR) is 111 cm³/mol. The first-order chi connectivity index (χ1) is 14.1. The molecule has 0 aromatic heterocycles. The van der Waals surface area contributed by atoms with Gasteiger partial charge in [-0.3, -0.25) is 4.79 Å². The van der Waals surface area contributed by atoms with Gasteiger partial charge < -0.3 is 18.9 Å². The number of hydrogen-bond donors (Lipinski definition) is 1. The molecule has 0 heterocycles. The lowest BCUT2D eigenvalue weighted by molar-refractivity contribution is -0.123. The maximum Gasteiger partial charge on any atom is 0.277 e. The number of hydrogen-bond acceptors (Lipinski definition) is 6. The largest absolute Gasteiger partial charge is 0.496 e. The highest BCUT2D eigenvalue weighted by molar-refractivity contribution is 5.87. The fourth-order valence-corrected chi connectivity index (χ4v) is 2.77. The summed E-state index contributed by atoms with van der Waals surface area (Å²) in [5.41, 5.74) is 3.06. The van der Waals surface area contributed by atoms with E-state index in [0.29, 0.717) is 28.6 Å². The molecular weight excluding hydrogens is 372 g/mol. The molecule has 1 amide bonds. The molecule has 150 valence electrons. The minimum atomic E-state index is -0.381. The molecule has 0 radical (unpaired) electrons. The van der Waals surface area contributed by atoms with Gasteiger partial charge in [-0.05, 0) is 29.0 Å². The van der Waals surface area contributed by atoms with Crippen LogP contribution in [0.5, 0.6) is 23.0 Å². The molecule has 7 nitrogen and oxygen atoms in total. The van der Waals surface area contributed by atoms with E-state index in [1.165, 1.54) is 20.4 Å². The zero-order valence-electron chi connectivity index (χ0n) is 16.5. The van der Waals surface area contributed by atoms with Crippen LogP contribution in [0.3, 0.4) is 0 Å². The summed E-state index contributed by atoms with van der Waals surface area (Å²) >= 11 is 0. The second-order valence-corrected chi connectivity index (χ2v) is 6.04. The summed E-state index contributed by atoms with van der Waals surface area (Å²) in [7, 11) is 4.62. The van der Waals surface area contributed by atoms with Crippen molar-refractivity contribution >= 4 is 22.9 Å². The van der Waals surface area contributed by atoms with Gasteiger partial charge in [-0.1, -0.05) is 30.3 Å². The molecule has 0 fully saturated rings. The van der Waals surface area contributed by atoms with Crippen LogP contribution < -0.4 is 24.4 Å². The number of rotatable bonds is 8. The topological polar surface area (TPSA) is 78.4 Å². The van der Waals surface area contributed by atoms with Crippen LogP contribution in [0.15, 0.2) is 59.7 Å². The average molecular weight is 394 g/mol. The number of nitrogens with one attached hydrogen (secondary N) is 1. The summed E-state index contributed by atoms with van der Waals surface area (Å²) < 4.78 is 21.4. The zero-order valence-corrected chi connectivity index (χ0v) is 16.5. The first-order valence-electron chi connectivity index (χ1n) is 8.88. The third-order valence-electron chi connectivity index (χ3n) is 4.22. The molecule has 1 N–H and O–H groups in total. The van der Waals surface area contributed by atoms with Gasteiger partial charge in [-0.15, -0.1) is 0 Å². The van der Waals surface area contributed by atoms with Crippen LogP contribution in [-0.2, 0) is 4.79 Å². The van der Waals surface area contributed by atoms with Crippen molar-refractivity contribution in [2.24, 2.45) is 5.10 Å². The maximum atomic E-state index is 12.0. The van der Waals surface area contributed by atoms with E-state index in [1.807, 2.05) is 42.5 Å². The fourth-order valence-electron chi connectivity index (χ4n) is 2.77. The number of benzene rings is 3. The predicted octanol–water partition coefficient (Wildman–Crippen LogP) is 3.39. The molecule has 0 atom stereocenters. The van der Waals surface area contributed by atoms with Gasteiger partial charge in [0.2, 0.25) is 0 Å². The van der Waals surface area contributed by atoms with Crippen LogP contribution in [0.2, 0.25) is 0 Å². The van der Waals surface area contributed by atoms with E-state index < -0.39 is 0 Å². The molecule has 0 saturated carbocycles. The molecule has 0 saturated heterocycles. The van der Waals surface area contributed by atoms with Gasteiger partial charge in [0.15, 0.2) is 18.1 Å². The lowest BCUT2D eigenvalue weighted by atomic mass is 10.1. The van der Waals surface area contributed by atoms with Gasteiger partial charge >= 0.3 is 0 Å². The first-order valence-corrected chi connectivity index (χ1v) is 8.88. The molecule has 3 aromatic carbocycles. The Morgan fingerprint density at radius 2 is 1.59 bits per heavy atom. The molecule has 29 heavy (non-hydrogen) atoms. The summed E-state index contributed by atoms with van der Waals surface area (Å²) in [6, 6.07) is 17.0. The van der Waals surface area contributed by atoms with Crippen molar-refractivity contribution in [1.29, 1.82) is 0 Å². The lowest BCUT2D eigenvalue weighted by Gasteiger charge is -2.11. The summed E-state index contributed by atoms with van der Waals surface area (Å²) in [5.74, 6) is 1.83. The fraction of sp³-hybridized carbons (Fsp3) is 0.182. The van der Waals surface area contributed by atoms with Crippen molar-refractivity contribution < 1.29 is 23.7 Å². The highest BCUT2D eigenvalue weighted by atomic mass is 16.5. The van der Waals surface area contributed by atoms with Crippen LogP contribution in [0.25, 0.3) is 10.8 Å². The van der Waals surface area contributed by atoms with Crippen LogP contribution >= 0.6 is 0 Å². The normalized spacial score (nSPS) is 10.7. The standard InChI is InChI=1S/C22H22N2O5/c1-26-19-12-21(28-3)20(27-2)11-17(19)13-23-24-22(25)14-29-18-9-8-15-6-4-5-7-16(15)10-18/h4-13H,14H2,1-3H3,(H,24,25)/b23-13+. The molecule has 0 aliphatic heterocycles. The summed E-state index contributed by atoms with van der Waals surface area (Å²) in [6.07, 6.45) is 1.47. The number of nitrogens with zero attached hydrogens (tertiary/aromatic N) is 1. The van der Waals surface area contributed by atoms with Gasteiger partial charge in [-0.25, -0.2) is 5.43 Å². The Balaban J connectivity index is 1.60.